The Hall–Kier alpha value is -0.250. The highest BCUT2D eigenvalue weighted by atomic mass is 35.7. The van der Waals surface area contributed by atoms with Crippen molar-refractivity contribution in [1.29, 1.82) is 0 Å². The van der Waals surface area contributed by atoms with Crippen LogP contribution >= 0.6 is 22.3 Å². The summed E-state index contributed by atoms with van der Waals surface area (Å²) >= 11 is 5.71. The van der Waals surface area contributed by atoms with E-state index in [-0.39, 0.29) is 11.7 Å². The summed E-state index contributed by atoms with van der Waals surface area (Å²) in [4.78, 5) is 0. The van der Waals surface area contributed by atoms with Crippen LogP contribution in [0.4, 0.5) is 0 Å². The van der Waals surface area contributed by atoms with Gasteiger partial charge >= 0.3 is 0 Å². The average molecular weight is 253 g/mol. The maximum Gasteiger partial charge on any atom is 0.233 e. The van der Waals surface area contributed by atoms with Crippen molar-refractivity contribution in [3.8, 4) is 0 Å². The summed E-state index contributed by atoms with van der Waals surface area (Å²) in [5.74, 6) is -0.175. The summed E-state index contributed by atoms with van der Waals surface area (Å²) < 4.78 is 21.6. The first-order valence-corrected chi connectivity index (χ1v) is 6.92. The number of hydrogen-bond acceptors (Lipinski definition) is 2. The third-order valence-corrected chi connectivity index (χ3v) is 3.42. The average Bonchev–Trinajstić information content (AvgIpc) is 2.02. The highest BCUT2D eigenvalue weighted by Gasteiger charge is 2.13. The van der Waals surface area contributed by atoms with E-state index in [9.17, 15) is 8.42 Å². The molecule has 0 aliphatic carbocycles. The summed E-state index contributed by atoms with van der Waals surface area (Å²) in [7, 11) is 1.71. The van der Waals surface area contributed by atoms with E-state index in [1.165, 1.54) is 0 Å². The number of rotatable bonds is 3. The molecule has 0 heterocycles. The van der Waals surface area contributed by atoms with Crippen molar-refractivity contribution < 1.29 is 8.42 Å². The Morgan fingerprint density at radius 2 is 1.79 bits per heavy atom. The van der Waals surface area contributed by atoms with Gasteiger partial charge in [-0.2, -0.15) is 0 Å². The molecule has 0 aromatic heterocycles. The zero-order valence-corrected chi connectivity index (χ0v) is 9.90. The minimum atomic E-state index is -3.44. The Balaban J connectivity index is 2.80. The molecule has 0 aliphatic heterocycles. The van der Waals surface area contributed by atoms with Crippen LogP contribution in [0.5, 0.6) is 0 Å². The summed E-state index contributed by atoms with van der Waals surface area (Å²) in [6.45, 7) is 1.81. The maximum absolute atomic E-state index is 10.8. The Morgan fingerprint density at radius 3 is 2.21 bits per heavy atom. The minimum Gasteiger partial charge on any atom is -0.212 e. The monoisotopic (exact) mass is 252 g/mol. The van der Waals surface area contributed by atoms with Gasteiger partial charge in [-0.25, -0.2) is 8.42 Å². The van der Waals surface area contributed by atoms with Crippen LogP contribution in [0.1, 0.15) is 18.4 Å². The van der Waals surface area contributed by atoms with E-state index in [0.29, 0.717) is 5.02 Å². The zero-order chi connectivity index (χ0) is 10.8. The molecule has 1 unspecified atom stereocenters. The van der Waals surface area contributed by atoms with E-state index in [1.54, 1.807) is 24.3 Å². The maximum atomic E-state index is 10.8. The molecule has 1 aromatic rings. The molecule has 78 valence electrons. The first-order chi connectivity index (χ1) is 6.38. The number of hydrogen-bond donors (Lipinski definition) is 0. The largest absolute Gasteiger partial charge is 0.233 e. The SMILES string of the molecule is CC(CS(=O)(=O)Cl)c1ccc(Cl)cc1. The van der Waals surface area contributed by atoms with Gasteiger partial charge in [0, 0.05) is 15.7 Å². The molecule has 1 rings (SSSR count). The van der Waals surface area contributed by atoms with Gasteiger partial charge in [0.25, 0.3) is 0 Å². The fourth-order valence-electron chi connectivity index (χ4n) is 1.19. The van der Waals surface area contributed by atoms with Gasteiger partial charge < -0.3 is 0 Å². The van der Waals surface area contributed by atoms with Crippen LogP contribution in [0.3, 0.4) is 0 Å². The number of benzene rings is 1. The van der Waals surface area contributed by atoms with Gasteiger partial charge in [0.05, 0.1) is 5.75 Å². The Bertz CT molecular complexity index is 397. The van der Waals surface area contributed by atoms with Gasteiger partial charge in [0.2, 0.25) is 9.05 Å². The lowest BCUT2D eigenvalue weighted by Gasteiger charge is -2.09. The van der Waals surface area contributed by atoms with Crippen LogP contribution in [-0.2, 0) is 9.05 Å². The molecule has 2 nitrogen and oxygen atoms in total. The van der Waals surface area contributed by atoms with E-state index >= 15 is 0 Å². The van der Waals surface area contributed by atoms with Crippen LogP contribution in [0, 0.1) is 0 Å². The van der Waals surface area contributed by atoms with Crippen molar-refractivity contribution in [3.05, 3.63) is 34.9 Å². The second kappa shape index (κ2) is 4.51. The summed E-state index contributed by atoms with van der Waals surface area (Å²) in [5.41, 5.74) is 0.915. The molecule has 1 atom stereocenters. The molecule has 0 aliphatic rings. The van der Waals surface area contributed by atoms with Crippen LogP contribution < -0.4 is 0 Å². The number of halogens is 2. The van der Waals surface area contributed by atoms with Crippen LogP contribution in [0.2, 0.25) is 5.02 Å². The van der Waals surface area contributed by atoms with Crippen LogP contribution in [0.25, 0.3) is 0 Å². The van der Waals surface area contributed by atoms with E-state index in [2.05, 4.69) is 0 Å². The third-order valence-electron chi connectivity index (χ3n) is 1.89. The second-order valence-corrected chi connectivity index (χ2v) is 6.42. The minimum absolute atomic E-state index is 0.0593. The predicted octanol–water partition coefficient (Wildman–Crippen LogP) is 3.01. The van der Waals surface area contributed by atoms with Crippen molar-refractivity contribution in [2.24, 2.45) is 0 Å². The molecular formula is C9H10Cl2O2S. The van der Waals surface area contributed by atoms with Crippen molar-refractivity contribution in [1.82, 2.24) is 0 Å². The van der Waals surface area contributed by atoms with Gasteiger partial charge in [-0.1, -0.05) is 30.7 Å². The first kappa shape index (κ1) is 11.8. The normalized spacial score (nSPS) is 13.9. The Morgan fingerprint density at radius 1 is 1.29 bits per heavy atom. The molecule has 0 fully saturated rings. The Kier molecular flexibility index (Phi) is 3.81. The molecule has 0 amide bonds. The van der Waals surface area contributed by atoms with E-state index in [4.69, 9.17) is 22.3 Å². The van der Waals surface area contributed by atoms with Gasteiger partial charge in [-0.05, 0) is 23.6 Å². The molecule has 0 radical (unpaired) electrons. The van der Waals surface area contributed by atoms with Gasteiger partial charge in [0.15, 0.2) is 0 Å². The fraction of sp³-hybridized carbons (Fsp3) is 0.333. The van der Waals surface area contributed by atoms with E-state index < -0.39 is 9.05 Å². The highest BCUT2D eigenvalue weighted by molar-refractivity contribution is 8.13. The van der Waals surface area contributed by atoms with Crippen LogP contribution in [0.15, 0.2) is 24.3 Å². The van der Waals surface area contributed by atoms with Gasteiger partial charge in [0.1, 0.15) is 0 Å². The molecule has 5 heteroatoms. The second-order valence-electron chi connectivity index (χ2n) is 3.16. The summed E-state index contributed by atoms with van der Waals surface area (Å²) in [6, 6.07) is 7.06. The van der Waals surface area contributed by atoms with Crippen molar-refractivity contribution in [3.63, 3.8) is 0 Å². The third kappa shape index (κ3) is 3.86. The van der Waals surface area contributed by atoms with Crippen molar-refractivity contribution in [2.45, 2.75) is 12.8 Å². The van der Waals surface area contributed by atoms with Crippen molar-refractivity contribution in [2.75, 3.05) is 5.75 Å². The van der Waals surface area contributed by atoms with Gasteiger partial charge in [-0.3, -0.25) is 0 Å². The topological polar surface area (TPSA) is 34.1 Å². The fourth-order valence-corrected chi connectivity index (χ4v) is 2.67. The first-order valence-electron chi connectivity index (χ1n) is 4.06. The highest BCUT2D eigenvalue weighted by Crippen LogP contribution is 2.20. The quantitative estimate of drug-likeness (QED) is 0.776. The van der Waals surface area contributed by atoms with Gasteiger partial charge in [-0.15, -0.1) is 0 Å². The molecule has 0 saturated heterocycles. The molecule has 0 spiro atoms. The summed E-state index contributed by atoms with van der Waals surface area (Å²) in [6.07, 6.45) is 0. The van der Waals surface area contributed by atoms with Crippen molar-refractivity contribution >= 4 is 31.3 Å². The van der Waals surface area contributed by atoms with E-state index in [0.717, 1.165) is 5.56 Å². The summed E-state index contributed by atoms with van der Waals surface area (Å²) in [5, 5.41) is 0.634. The lowest BCUT2D eigenvalue weighted by atomic mass is 10.0. The lowest BCUT2D eigenvalue weighted by molar-refractivity contribution is 0.604. The van der Waals surface area contributed by atoms with Crippen LogP contribution in [-0.4, -0.2) is 14.2 Å². The molecule has 0 bridgehead atoms. The molecular weight excluding hydrogens is 243 g/mol. The zero-order valence-electron chi connectivity index (χ0n) is 7.57. The van der Waals surface area contributed by atoms with E-state index in [1.807, 2.05) is 6.92 Å². The standard InChI is InChI=1S/C9H10Cl2O2S/c1-7(6-14(11,12)13)8-2-4-9(10)5-3-8/h2-5,7H,6H2,1H3. The Labute approximate surface area is 93.3 Å². The molecule has 0 saturated carbocycles. The molecule has 0 N–H and O–H groups in total. The predicted molar refractivity (Wildman–Crippen MR) is 59.5 cm³/mol. The smallest absolute Gasteiger partial charge is 0.212 e. The molecule has 1 aromatic carbocycles. The molecule has 14 heavy (non-hydrogen) atoms. The lowest BCUT2D eigenvalue weighted by Crippen LogP contribution is -2.06.